The molecule has 1 heterocycles. The van der Waals surface area contributed by atoms with Gasteiger partial charge in [0.25, 0.3) is 11.8 Å². The van der Waals surface area contributed by atoms with Gasteiger partial charge in [-0.25, -0.2) is 4.79 Å². The number of esters is 2. The van der Waals surface area contributed by atoms with Crippen molar-refractivity contribution in [1.29, 1.82) is 0 Å². The van der Waals surface area contributed by atoms with Gasteiger partial charge in [-0.05, 0) is 25.7 Å². The van der Waals surface area contributed by atoms with Crippen LogP contribution in [0.1, 0.15) is 128 Å². The number of hydroxylamine groups is 2. The Morgan fingerprint density at radius 2 is 0.921 bits per heavy atom. The molecule has 0 radical (unpaired) electrons. The molecule has 0 aliphatic carbocycles. The molecule has 0 atom stereocenters. The average molecular weight is 560 g/mol. The molecule has 0 saturated carbocycles. The monoisotopic (exact) mass is 559 g/mol. The lowest BCUT2D eigenvalue weighted by Gasteiger charge is -2.12. The number of hydrogen-bond donors (Lipinski definition) is 0. The third-order valence-electron chi connectivity index (χ3n) is 6.38. The first-order valence-corrected chi connectivity index (χ1v) is 14.9. The van der Waals surface area contributed by atoms with Crippen molar-refractivity contribution in [3.8, 4) is 0 Å². The fourth-order valence-electron chi connectivity index (χ4n) is 4.15. The second-order valence-electron chi connectivity index (χ2n) is 9.78. The van der Waals surface area contributed by atoms with Crippen LogP contribution in [0.2, 0.25) is 0 Å². The molecule has 0 aromatic rings. The molecule has 218 valence electrons. The highest BCUT2D eigenvalue weighted by atomic mass is 35.5. The predicted octanol–water partition coefficient (Wildman–Crippen LogP) is 5.94. The SMILES string of the molecule is O=C(CCl)OCCCCCCCCCCOC(=O)CCCCCCCCCCC(=O)ON1C(=O)CCC1=O. The van der Waals surface area contributed by atoms with Gasteiger partial charge in [-0.1, -0.05) is 77.0 Å². The zero-order chi connectivity index (χ0) is 27.8. The van der Waals surface area contributed by atoms with E-state index in [4.69, 9.17) is 25.9 Å². The van der Waals surface area contributed by atoms with E-state index in [0.717, 1.165) is 83.5 Å². The van der Waals surface area contributed by atoms with Gasteiger partial charge in [0.15, 0.2) is 0 Å². The molecule has 1 rings (SSSR count). The first-order valence-electron chi connectivity index (χ1n) is 14.4. The van der Waals surface area contributed by atoms with Crippen molar-refractivity contribution in [1.82, 2.24) is 5.06 Å². The van der Waals surface area contributed by atoms with Crippen LogP contribution in [0, 0.1) is 0 Å². The normalized spacial score (nSPS) is 13.1. The van der Waals surface area contributed by atoms with Gasteiger partial charge in [0.1, 0.15) is 5.88 Å². The molecule has 0 spiro atoms. The van der Waals surface area contributed by atoms with Crippen molar-refractivity contribution in [2.75, 3.05) is 19.1 Å². The van der Waals surface area contributed by atoms with Gasteiger partial charge in [-0.15, -0.1) is 16.7 Å². The maximum atomic E-state index is 11.8. The quantitative estimate of drug-likeness (QED) is 0.0617. The van der Waals surface area contributed by atoms with Gasteiger partial charge in [0.2, 0.25) is 0 Å². The van der Waals surface area contributed by atoms with Crippen LogP contribution in [0.5, 0.6) is 0 Å². The maximum Gasteiger partial charge on any atom is 0.333 e. The Kier molecular flexibility index (Phi) is 20.3. The lowest BCUT2D eigenvalue weighted by molar-refractivity contribution is -0.197. The molecule has 0 bridgehead atoms. The number of hydrogen-bond acceptors (Lipinski definition) is 8. The molecule has 1 aliphatic rings. The maximum absolute atomic E-state index is 11.8. The fraction of sp³-hybridized carbons (Fsp3) is 0.821. The first-order chi connectivity index (χ1) is 18.4. The van der Waals surface area contributed by atoms with Crippen molar-refractivity contribution >= 4 is 41.3 Å². The molecule has 10 heteroatoms. The smallest absolute Gasteiger partial charge is 0.333 e. The number of carbonyl (C=O) groups excluding carboxylic acids is 5. The lowest BCUT2D eigenvalue weighted by atomic mass is 10.1. The van der Waals surface area contributed by atoms with Gasteiger partial charge in [0.05, 0.1) is 13.2 Å². The van der Waals surface area contributed by atoms with E-state index in [1.807, 2.05) is 0 Å². The number of alkyl halides is 1. The molecular formula is C28H46ClNO8. The standard InChI is InChI=1S/C28H46ClNO8/c29-23-28(35)37-22-16-12-8-4-3-7-11-15-21-36-26(33)17-13-9-5-1-2-6-10-14-18-27(34)38-30-24(31)19-20-25(30)32/h1-23H2. The Morgan fingerprint density at radius 1 is 0.553 bits per heavy atom. The number of imide groups is 1. The van der Waals surface area contributed by atoms with E-state index in [1.165, 1.54) is 12.8 Å². The van der Waals surface area contributed by atoms with Crippen molar-refractivity contribution in [3.63, 3.8) is 0 Å². The van der Waals surface area contributed by atoms with Gasteiger partial charge >= 0.3 is 17.9 Å². The Morgan fingerprint density at radius 3 is 1.37 bits per heavy atom. The lowest BCUT2D eigenvalue weighted by Crippen LogP contribution is -2.31. The van der Waals surface area contributed by atoms with Crippen LogP contribution < -0.4 is 0 Å². The number of amides is 2. The number of carbonyl (C=O) groups is 5. The molecule has 0 aromatic heterocycles. The fourth-order valence-corrected chi connectivity index (χ4v) is 4.23. The van der Waals surface area contributed by atoms with E-state index >= 15 is 0 Å². The van der Waals surface area contributed by atoms with Gasteiger partial charge < -0.3 is 14.3 Å². The first kappa shape index (κ1) is 33.9. The molecule has 9 nitrogen and oxygen atoms in total. The summed E-state index contributed by atoms with van der Waals surface area (Å²) in [5.74, 6) is -1.98. The predicted molar refractivity (Wildman–Crippen MR) is 143 cm³/mol. The molecule has 1 aliphatic heterocycles. The number of ether oxygens (including phenoxy) is 2. The van der Waals surface area contributed by atoms with Crippen molar-refractivity contribution in [2.45, 2.75) is 128 Å². The summed E-state index contributed by atoms with van der Waals surface area (Å²) >= 11 is 5.36. The van der Waals surface area contributed by atoms with Crippen molar-refractivity contribution in [3.05, 3.63) is 0 Å². The molecule has 1 fully saturated rings. The third-order valence-corrected chi connectivity index (χ3v) is 6.60. The summed E-state index contributed by atoms with van der Waals surface area (Å²) in [4.78, 5) is 62.1. The minimum absolute atomic E-state index is 0.0840. The van der Waals surface area contributed by atoms with Crippen LogP contribution in [0.4, 0.5) is 0 Å². The van der Waals surface area contributed by atoms with Crippen LogP contribution in [0.3, 0.4) is 0 Å². The highest BCUT2D eigenvalue weighted by Crippen LogP contribution is 2.15. The summed E-state index contributed by atoms with van der Waals surface area (Å²) < 4.78 is 10.2. The van der Waals surface area contributed by atoms with Gasteiger partial charge in [-0.2, -0.15) is 0 Å². The Labute approximate surface area is 232 Å². The second-order valence-corrected chi connectivity index (χ2v) is 10.0. The summed E-state index contributed by atoms with van der Waals surface area (Å²) in [5, 5.41) is 0.597. The largest absolute Gasteiger partial charge is 0.466 e. The van der Waals surface area contributed by atoms with E-state index in [-0.39, 0.29) is 37.1 Å². The highest BCUT2D eigenvalue weighted by molar-refractivity contribution is 6.26. The second kappa shape index (κ2) is 22.8. The average Bonchev–Trinajstić information content (AvgIpc) is 3.22. The van der Waals surface area contributed by atoms with Crippen LogP contribution in [-0.4, -0.2) is 53.9 Å². The Balaban J connectivity index is 1.78. The number of unbranched alkanes of at least 4 members (excludes halogenated alkanes) is 14. The van der Waals surface area contributed by atoms with E-state index in [9.17, 15) is 24.0 Å². The van der Waals surface area contributed by atoms with Crippen LogP contribution in [0.25, 0.3) is 0 Å². The number of rotatable bonds is 24. The van der Waals surface area contributed by atoms with Gasteiger partial charge in [0, 0.05) is 25.7 Å². The molecule has 0 N–H and O–H groups in total. The molecule has 0 unspecified atom stereocenters. The summed E-state index contributed by atoms with van der Waals surface area (Å²) in [6.07, 6.45) is 17.1. The number of nitrogens with zero attached hydrogens (tertiary/aromatic N) is 1. The molecule has 1 saturated heterocycles. The summed E-state index contributed by atoms with van der Waals surface area (Å²) in [6, 6.07) is 0. The van der Waals surface area contributed by atoms with E-state index in [2.05, 4.69) is 0 Å². The summed E-state index contributed by atoms with van der Waals surface area (Å²) in [6.45, 7) is 0.956. The van der Waals surface area contributed by atoms with E-state index < -0.39 is 17.8 Å². The van der Waals surface area contributed by atoms with Crippen LogP contribution >= 0.6 is 11.6 Å². The van der Waals surface area contributed by atoms with E-state index in [1.54, 1.807) is 0 Å². The Bertz CT molecular complexity index is 699. The number of halogens is 1. The molecule has 38 heavy (non-hydrogen) atoms. The topological polar surface area (TPSA) is 116 Å². The van der Waals surface area contributed by atoms with Crippen LogP contribution in [0.15, 0.2) is 0 Å². The van der Waals surface area contributed by atoms with Crippen molar-refractivity contribution in [2.24, 2.45) is 0 Å². The zero-order valence-electron chi connectivity index (χ0n) is 22.9. The minimum Gasteiger partial charge on any atom is -0.466 e. The minimum atomic E-state index is -0.534. The van der Waals surface area contributed by atoms with Gasteiger partial charge in [-0.3, -0.25) is 19.2 Å². The molecule has 2 amide bonds. The highest BCUT2D eigenvalue weighted by Gasteiger charge is 2.32. The van der Waals surface area contributed by atoms with E-state index in [0.29, 0.717) is 31.1 Å². The Hall–Kier alpha value is -2.16. The molecule has 0 aromatic carbocycles. The van der Waals surface area contributed by atoms with Crippen molar-refractivity contribution < 1.29 is 38.3 Å². The summed E-state index contributed by atoms with van der Waals surface area (Å²) in [7, 11) is 0. The van der Waals surface area contributed by atoms with Crippen LogP contribution in [-0.2, 0) is 38.3 Å². The third kappa shape index (κ3) is 18.2. The zero-order valence-corrected chi connectivity index (χ0v) is 23.6. The summed E-state index contributed by atoms with van der Waals surface area (Å²) in [5.41, 5.74) is 0. The molecular weight excluding hydrogens is 514 g/mol.